The fraction of sp³-hybridized carbons (Fsp3) is 0.909. The fourth-order valence-corrected chi connectivity index (χ4v) is 2.38. The molecule has 3 heteroatoms. The Bertz CT molecular complexity index is 186. The van der Waals surface area contributed by atoms with Crippen LogP contribution in [0.15, 0.2) is 0 Å². The van der Waals surface area contributed by atoms with E-state index in [0.29, 0.717) is 5.92 Å². The van der Waals surface area contributed by atoms with Crippen LogP contribution in [0, 0.1) is 11.8 Å². The van der Waals surface area contributed by atoms with Gasteiger partial charge in [-0.3, -0.25) is 4.79 Å². The van der Waals surface area contributed by atoms with Crippen LogP contribution in [0.4, 0.5) is 0 Å². The maximum Gasteiger partial charge on any atom is 0.304 e. The maximum absolute atomic E-state index is 10.6. The van der Waals surface area contributed by atoms with Crippen LogP contribution in [-0.4, -0.2) is 24.2 Å². The number of hydrogen-bond acceptors (Lipinski definition) is 2. The van der Waals surface area contributed by atoms with Crippen molar-refractivity contribution < 1.29 is 9.90 Å². The molecule has 3 nitrogen and oxygen atoms in total. The van der Waals surface area contributed by atoms with E-state index in [1.54, 1.807) is 0 Å². The van der Waals surface area contributed by atoms with Gasteiger partial charge in [0, 0.05) is 6.04 Å². The first kappa shape index (κ1) is 11.5. The van der Waals surface area contributed by atoms with Crippen molar-refractivity contribution in [3.8, 4) is 0 Å². The van der Waals surface area contributed by atoms with E-state index in [4.69, 9.17) is 5.11 Å². The van der Waals surface area contributed by atoms with E-state index in [0.717, 1.165) is 5.92 Å². The first-order valence-corrected chi connectivity index (χ1v) is 5.52. The van der Waals surface area contributed by atoms with Crippen molar-refractivity contribution in [2.45, 2.75) is 45.1 Å². The number of rotatable bonds is 4. The molecule has 1 saturated carbocycles. The monoisotopic (exact) mass is 199 g/mol. The Morgan fingerprint density at radius 1 is 1.43 bits per heavy atom. The van der Waals surface area contributed by atoms with E-state index in [1.165, 1.54) is 25.7 Å². The standard InChI is InChI=1S/C11H21NO2/c1-8-3-5-9(6-4-8)10(12-2)7-11(13)14/h8-10,12H,3-7H2,1-2H3,(H,13,14). The summed E-state index contributed by atoms with van der Waals surface area (Å²) in [6.07, 6.45) is 5.13. The Labute approximate surface area is 85.9 Å². The number of aliphatic carboxylic acids is 1. The van der Waals surface area contributed by atoms with Gasteiger partial charge in [0.1, 0.15) is 0 Å². The van der Waals surface area contributed by atoms with Crippen molar-refractivity contribution in [2.75, 3.05) is 7.05 Å². The van der Waals surface area contributed by atoms with Crippen LogP contribution < -0.4 is 5.32 Å². The summed E-state index contributed by atoms with van der Waals surface area (Å²) in [5.74, 6) is 0.698. The highest BCUT2D eigenvalue weighted by Gasteiger charge is 2.26. The Balaban J connectivity index is 2.40. The smallest absolute Gasteiger partial charge is 0.304 e. The molecule has 2 N–H and O–H groups in total. The summed E-state index contributed by atoms with van der Waals surface area (Å²) in [4.78, 5) is 10.6. The molecule has 0 bridgehead atoms. The molecule has 0 aromatic carbocycles. The zero-order valence-corrected chi connectivity index (χ0v) is 9.12. The molecule has 1 atom stereocenters. The zero-order chi connectivity index (χ0) is 10.6. The minimum absolute atomic E-state index is 0.167. The quantitative estimate of drug-likeness (QED) is 0.726. The van der Waals surface area contributed by atoms with Crippen LogP contribution in [0.3, 0.4) is 0 Å². The molecule has 0 radical (unpaired) electrons. The average Bonchev–Trinajstić information content (AvgIpc) is 2.15. The summed E-state index contributed by atoms with van der Waals surface area (Å²) in [6.45, 7) is 2.28. The van der Waals surface area contributed by atoms with Crippen molar-refractivity contribution in [1.29, 1.82) is 0 Å². The van der Waals surface area contributed by atoms with Gasteiger partial charge < -0.3 is 10.4 Å². The van der Waals surface area contributed by atoms with Crippen molar-refractivity contribution >= 4 is 5.97 Å². The Kier molecular flexibility index (Phi) is 4.39. The highest BCUT2D eigenvalue weighted by molar-refractivity contribution is 5.67. The molecule has 1 unspecified atom stereocenters. The maximum atomic E-state index is 10.6. The molecule has 14 heavy (non-hydrogen) atoms. The second-order valence-electron chi connectivity index (χ2n) is 4.51. The molecule has 0 amide bonds. The van der Waals surface area contributed by atoms with Gasteiger partial charge >= 0.3 is 5.97 Å². The third kappa shape index (κ3) is 3.29. The van der Waals surface area contributed by atoms with E-state index in [1.807, 2.05) is 7.05 Å². The first-order chi connectivity index (χ1) is 6.63. The highest BCUT2D eigenvalue weighted by atomic mass is 16.4. The van der Waals surface area contributed by atoms with E-state index < -0.39 is 5.97 Å². The average molecular weight is 199 g/mol. The van der Waals surface area contributed by atoms with Gasteiger partial charge in [0.05, 0.1) is 6.42 Å². The van der Waals surface area contributed by atoms with Crippen LogP contribution in [0.2, 0.25) is 0 Å². The minimum Gasteiger partial charge on any atom is -0.481 e. The van der Waals surface area contributed by atoms with E-state index in [2.05, 4.69) is 12.2 Å². The molecule has 0 aromatic heterocycles. The molecule has 0 spiro atoms. The summed E-state index contributed by atoms with van der Waals surface area (Å²) in [5, 5.41) is 11.9. The third-order valence-corrected chi connectivity index (χ3v) is 3.39. The highest BCUT2D eigenvalue weighted by Crippen LogP contribution is 2.31. The molecule has 1 fully saturated rings. The predicted molar refractivity (Wildman–Crippen MR) is 56.2 cm³/mol. The molecular formula is C11H21NO2. The lowest BCUT2D eigenvalue weighted by molar-refractivity contribution is -0.138. The van der Waals surface area contributed by atoms with Gasteiger partial charge in [-0.25, -0.2) is 0 Å². The van der Waals surface area contributed by atoms with Crippen molar-refractivity contribution in [3.63, 3.8) is 0 Å². The van der Waals surface area contributed by atoms with Gasteiger partial charge in [-0.2, -0.15) is 0 Å². The predicted octanol–water partition coefficient (Wildman–Crippen LogP) is 1.88. The molecular weight excluding hydrogens is 178 g/mol. The number of carboxylic acid groups (broad SMARTS) is 1. The summed E-state index contributed by atoms with van der Waals surface area (Å²) < 4.78 is 0. The second kappa shape index (κ2) is 5.35. The van der Waals surface area contributed by atoms with Crippen molar-refractivity contribution in [1.82, 2.24) is 5.32 Å². The first-order valence-electron chi connectivity index (χ1n) is 5.52. The third-order valence-electron chi connectivity index (χ3n) is 3.39. The number of carbonyl (C=O) groups is 1. The van der Waals surface area contributed by atoms with Gasteiger partial charge in [0.2, 0.25) is 0 Å². The molecule has 1 rings (SSSR count). The van der Waals surface area contributed by atoms with Crippen LogP contribution in [0.5, 0.6) is 0 Å². The fourth-order valence-electron chi connectivity index (χ4n) is 2.38. The van der Waals surface area contributed by atoms with Gasteiger partial charge in [-0.05, 0) is 31.7 Å². The van der Waals surface area contributed by atoms with Crippen LogP contribution >= 0.6 is 0 Å². The molecule has 0 heterocycles. The Morgan fingerprint density at radius 2 is 2.00 bits per heavy atom. The van der Waals surface area contributed by atoms with E-state index in [9.17, 15) is 4.79 Å². The topological polar surface area (TPSA) is 49.3 Å². The minimum atomic E-state index is -0.692. The summed E-state index contributed by atoms with van der Waals surface area (Å²) >= 11 is 0. The molecule has 82 valence electrons. The summed E-state index contributed by atoms with van der Waals surface area (Å²) in [6, 6.07) is 0.167. The van der Waals surface area contributed by atoms with E-state index in [-0.39, 0.29) is 12.5 Å². The van der Waals surface area contributed by atoms with Crippen LogP contribution in [-0.2, 0) is 4.79 Å². The number of hydrogen-bond donors (Lipinski definition) is 2. The van der Waals surface area contributed by atoms with E-state index >= 15 is 0 Å². The molecule has 0 aliphatic heterocycles. The normalized spacial score (nSPS) is 29.9. The van der Waals surface area contributed by atoms with Crippen LogP contribution in [0.25, 0.3) is 0 Å². The largest absolute Gasteiger partial charge is 0.481 e. The van der Waals surface area contributed by atoms with Gasteiger partial charge in [0.15, 0.2) is 0 Å². The number of nitrogens with one attached hydrogen (secondary N) is 1. The van der Waals surface area contributed by atoms with Gasteiger partial charge in [-0.1, -0.05) is 19.8 Å². The molecule has 0 aromatic rings. The Hall–Kier alpha value is -0.570. The zero-order valence-electron chi connectivity index (χ0n) is 9.12. The molecule has 1 aliphatic carbocycles. The number of carboxylic acids is 1. The van der Waals surface area contributed by atoms with Gasteiger partial charge in [-0.15, -0.1) is 0 Å². The van der Waals surface area contributed by atoms with Gasteiger partial charge in [0.25, 0.3) is 0 Å². The lowest BCUT2D eigenvalue weighted by Gasteiger charge is -2.31. The SMILES string of the molecule is CNC(CC(=O)O)C1CCC(C)CC1. The molecule has 0 saturated heterocycles. The van der Waals surface area contributed by atoms with Crippen LogP contribution in [0.1, 0.15) is 39.0 Å². The summed E-state index contributed by atoms with van der Waals surface area (Å²) in [5.41, 5.74) is 0. The lowest BCUT2D eigenvalue weighted by Crippen LogP contribution is -2.37. The second-order valence-corrected chi connectivity index (χ2v) is 4.51. The van der Waals surface area contributed by atoms with Crippen molar-refractivity contribution in [3.05, 3.63) is 0 Å². The summed E-state index contributed by atoms with van der Waals surface area (Å²) in [7, 11) is 1.87. The lowest BCUT2D eigenvalue weighted by atomic mass is 9.78. The molecule has 1 aliphatic rings. The Morgan fingerprint density at radius 3 is 2.43 bits per heavy atom. The van der Waals surface area contributed by atoms with Crippen molar-refractivity contribution in [2.24, 2.45) is 11.8 Å².